The summed E-state index contributed by atoms with van der Waals surface area (Å²) >= 11 is 3.52. The highest BCUT2D eigenvalue weighted by molar-refractivity contribution is 9.10. The molecule has 0 radical (unpaired) electrons. The summed E-state index contributed by atoms with van der Waals surface area (Å²) in [6, 6.07) is 0. The van der Waals surface area contributed by atoms with Crippen molar-refractivity contribution in [1.29, 1.82) is 0 Å². The number of hydrogen-bond acceptors (Lipinski definition) is 5. The van der Waals surface area contributed by atoms with Crippen LogP contribution < -0.4 is 10.2 Å². The van der Waals surface area contributed by atoms with Crippen molar-refractivity contribution in [3.8, 4) is 0 Å². The summed E-state index contributed by atoms with van der Waals surface area (Å²) in [5.74, 6) is 1.73. The monoisotopic (exact) mass is 301 g/mol. The molecule has 0 bridgehead atoms. The second-order valence-electron chi connectivity index (χ2n) is 4.19. The maximum Gasteiger partial charge on any atom is 0.148 e. The van der Waals surface area contributed by atoms with E-state index in [-0.39, 0.29) is 0 Å². The van der Waals surface area contributed by atoms with Crippen LogP contribution in [0.2, 0.25) is 0 Å². The predicted molar refractivity (Wildman–Crippen MR) is 75.7 cm³/mol. The zero-order valence-corrected chi connectivity index (χ0v) is 12.5. The molecule has 0 aliphatic heterocycles. The van der Waals surface area contributed by atoms with Gasteiger partial charge in [-0.2, -0.15) is 0 Å². The number of aromatic nitrogens is 2. The lowest BCUT2D eigenvalue weighted by Gasteiger charge is -2.21. The standard InChI is InChI=1S/C11H20BrN5/c1-13-10-9(12)11(15-8-14-10)17(4)7-5-6-16(2)3/h8H,5-7H2,1-4H3,(H,13,14,15). The normalized spacial score (nSPS) is 10.7. The molecule has 1 aromatic rings. The Bertz CT molecular complexity index is 356. The first kappa shape index (κ1) is 14.2. The fourth-order valence-electron chi connectivity index (χ4n) is 1.53. The van der Waals surface area contributed by atoms with Crippen molar-refractivity contribution in [2.45, 2.75) is 6.42 Å². The number of nitrogens with zero attached hydrogens (tertiary/aromatic N) is 4. The van der Waals surface area contributed by atoms with Crippen LogP contribution in [-0.4, -0.2) is 56.1 Å². The fraction of sp³-hybridized carbons (Fsp3) is 0.636. The maximum atomic E-state index is 4.30. The first-order chi connectivity index (χ1) is 8.06. The topological polar surface area (TPSA) is 44.3 Å². The zero-order valence-electron chi connectivity index (χ0n) is 10.9. The molecule has 0 aromatic carbocycles. The lowest BCUT2D eigenvalue weighted by Crippen LogP contribution is -2.24. The molecule has 0 aliphatic carbocycles. The van der Waals surface area contributed by atoms with E-state index in [2.05, 4.69) is 55.1 Å². The van der Waals surface area contributed by atoms with Crippen LogP contribution in [0.25, 0.3) is 0 Å². The van der Waals surface area contributed by atoms with Gasteiger partial charge in [0.05, 0.1) is 0 Å². The van der Waals surface area contributed by atoms with Crippen LogP contribution in [0.4, 0.5) is 11.6 Å². The van der Waals surface area contributed by atoms with Gasteiger partial charge in [-0.25, -0.2) is 9.97 Å². The van der Waals surface area contributed by atoms with E-state index in [1.807, 2.05) is 14.1 Å². The molecule has 17 heavy (non-hydrogen) atoms. The van der Waals surface area contributed by atoms with Gasteiger partial charge in [-0.15, -0.1) is 0 Å². The summed E-state index contributed by atoms with van der Waals surface area (Å²) < 4.78 is 0.912. The van der Waals surface area contributed by atoms with Gasteiger partial charge in [0.25, 0.3) is 0 Å². The molecule has 0 aliphatic rings. The average molecular weight is 302 g/mol. The van der Waals surface area contributed by atoms with Crippen molar-refractivity contribution in [1.82, 2.24) is 14.9 Å². The Morgan fingerprint density at radius 2 is 1.94 bits per heavy atom. The van der Waals surface area contributed by atoms with Gasteiger partial charge in [0.15, 0.2) is 0 Å². The van der Waals surface area contributed by atoms with Crippen LogP contribution in [0.1, 0.15) is 6.42 Å². The van der Waals surface area contributed by atoms with E-state index in [4.69, 9.17) is 0 Å². The number of halogens is 1. The van der Waals surface area contributed by atoms with Crippen LogP contribution in [0.15, 0.2) is 10.8 Å². The van der Waals surface area contributed by atoms with Crippen LogP contribution in [0.3, 0.4) is 0 Å². The highest BCUT2D eigenvalue weighted by Crippen LogP contribution is 2.28. The van der Waals surface area contributed by atoms with E-state index in [9.17, 15) is 0 Å². The summed E-state index contributed by atoms with van der Waals surface area (Å²) in [5, 5.41) is 3.03. The minimum absolute atomic E-state index is 0.814. The van der Waals surface area contributed by atoms with E-state index in [0.717, 1.165) is 35.6 Å². The SMILES string of the molecule is CNc1ncnc(N(C)CCCN(C)C)c1Br. The van der Waals surface area contributed by atoms with Gasteiger partial charge in [-0.05, 0) is 43.0 Å². The number of nitrogens with one attached hydrogen (secondary N) is 1. The molecule has 0 spiro atoms. The first-order valence-electron chi connectivity index (χ1n) is 5.60. The molecule has 0 saturated heterocycles. The van der Waals surface area contributed by atoms with Gasteiger partial charge in [-0.3, -0.25) is 0 Å². The van der Waals surface area contributed by atoms with Crippen molar-refractivity contribution in [3.05, 3.63) is 10.8 Å². The Morgan fingerprint density at radius 3 is 2.53 bits per heavy atom. The lowest BCUT2D eigenvalue weighted by atomic mass is 10.3. The largest absolute Gasteiger partial charge is 0.372 e. The van der Waals surface area contributed by atoms with E-state index in [0.29, 0.717) is 0 Å². The van der Waals surface area contributed by atoms with Crippen molar-refractivity contribution in [2.24, 2.45) is 0 Å². The van der Waals surface area contributed by atoms with Gasteiger partial charge in [-0.1, -0.05) is 0 Å². The Balaban J connectivity index is 2.65. The van der Waals surface area contributed by atoms with Gasteiger partial charge in [0.1, 0.15) is 22.4 Å². The second kappa shape index (κ2) is 6.76. The van der Waals surface area contributed by atoms with Crippen molar-refractivity contribution >= 4 is 27.6 Å². The Labute approximate surface area is 111 Å². The van der Waals surface area contributed by atoms with E-state index in [1.165, 1.54) is 0 Å². The summed E-state index contributed by atoms with van der Waals surface area (Å²) in [6.07, 6.45) is 2.68. The van der Waals surface area contributed by atoms with Gasteiger partial charge in [0, 0.05) is 20.6 Å². The first-order valence-corrected chi connectivity index (χ1v) is 6.39. The third-order valence-electron chi connectivity index (χ3n) is 2.47. The summed E-state index contributed by atoms with van der Waals surface area (Å²) in [7, 11) is 8.06. The van der Waals surface area contributed by atoms with E-state index in [1.54, 1.807) is 6.33 Å². The lowest BCUT2D eigenvalue weighted by molar-refractivity contribution is 0.401. The molecule has 5 nitrogen and oxygen atoms in total. The third-order valence-corrected chi connectivity index (χ3v) is 3.20. The van der Waals surface area contributed by atoms with Crippen molar-refractivity contribution < 1.29 is 0 Å². The smallest absolute Gasteiger partial charge is 0.148 e. The van der Waals surface area contributed by atoms with Gasteiger partial charge >= 0.3 is 0 Å². The highest BCUT2D eigenvalue weighted by Gasteiger charge is 2.11. The molecule has 6 heteroatoms. The Morgan fingerprint density at radius 1 is 1.24 bits per heavy atom. The predicted octanol–water partition coefficient (Wildman–Crippen LogP) is 1.67. The number of anilines is 2. The molecule has 0 unspecified atom stereocenters. The quantitative estimate of drug-likeness (QED) is 0.866. The maximum absolute atomic E-state index is 4.30. The van der Waals surface area contributed by atoms with Crippen molar-refractivity contribution in [3.63, 3.8) is 0 Å². The molecule has 1 heterocycles. The molecule has 1 aromatic heterocycles. The Kier molecular flexibility index (Phi) is 5.64. The molecular weight excluding hydrogens is 282 g/mol. The van der Waals surface area contributed by atoms with Gasteiger partial charge < -0.3 is 15.1 Å². The van der Waals surface area contributed by atoms with Crippen LogP contribution in [0, 0.1) is 0 Å². The minimum Gasteiger partial charge on any atom is -0.372 e. The Hall–Kier alpha value is -0.880. The molecule has 0 saturated carbocycles. The third kappa shape index (κ3) is 4.12. The molecular formula is C11H20BrN5. The summed E-state index contributed by atoms with van der Waals surface area (Å²) in [4.78, 5) is 12.8. The van der Waals surface area contributed by atoms with Crippen molar-refractivity contribution in [2.75, 3.05) is 51.5 Å². The molecule has 96 valence electrons. The van der Waals surface area contributed by atoms with Gasteiger partial charge in [0.2, 0.25) is 0 Å². The molecule has 1 rings (SSSR count). The zero-order chi connectivity index (χ0) is 12.8. The number of rotatable bonds is 6. The van der Waals surface area contributed by atoms with E-state index >= 15 is 0 Å². The summed E-state index contributed by atoms with van der Waals surface area (Å²) in [5.41, 5.74) is 0. The average Bonchev–Trinajstić information content (AvgIpc) is 2.28. The van der Waals surface area contributed by atoms with Crippen LogP contribution in [-0.2, 0) is 0 Å². The molecule has 0 atom stereocenters. The molecule has 0 fully saturated rings. The summed E-state index contributed by atoms with van der Waals surface area (Å²) in [6.45, 7) is 2.04. The fourth-order valence-corrected chi connectivity index (χ4v) is 2.24. The molecule has 1 N–H and O–H groups in total. The molecule has 0 amide bonds. The minimum atomic E-state index is 0.814. The van der Waals surface area contributed by atoms with E-state index < -0.39 is 0 Å². The highest BCUT2D eigenvalue weighted by atomic mass is 79.9. The van der Waals surface area contributed by atoms with Crippen LogP contribution >= 0.6 is 15.9 Å². The second-order valence-corrected chi connectivity index (χ2v) is 4.98. The van der Waals surface area contributed by atoms with Crippen LogP contribution in [0.5, 0.6) is 0 Å². The number of hydrogen-bond donors (Lipinski definition) is 1.